The predicted molar refractivity (Wildman–Crippen MR) is 256 cm³/mol. The summed E-state index contributed by atoms with van der Waals surface area (Å²) in [6, 6.07) is 13.2. The second kappa shape index (κ2) is 18.6. The minimum Gasteiger partial charge on any atom is -0.464 e. The van der Waals surface area contributed by atoms with Crippen LogP contribution in [0.5, 0.6) is 5.75 Å². The summed E-state index contributed by atoms with van der Waals surface area (Å²) >= 11 is 1.57. The highest BCUT2D eigenvalue weighted by Gasteiger charge is 2.40. The van der Waals surface area contributed by atoms with Gasteiger partial charge in [-0.15, -0.1) is 11.3 Å². The number of imidazole rings is 2. The van der Waals surface area contributed by atoms with Crippen LogP contribution in [-0.4, -0.2) is 97.7 Å². The third-order valence-corrected chi connectivity index (χ3v) is 14.5. The van der Waals surface area contributed by atoms with Crippen LogP contribution in [0, 0.1) is 17.7 Å². The van der Waals surface area contributed by atoms with Crippen molar-refractivity contribution in [1.82, 2.24) is 44.9 Å². The molecule has 6 aromatic rings. The number of fused-ring (bicyclic) bond motifs is 5. The number of carbonyl (C=O) groups is 4. The van der Waals surface area contributed by atoms with Crippen molar-refractivity contribution in [3.63, 3.8) is 0 Å². The monoisotopic (exact) mass is 945 g/mol. The summed E-state index contributed by atoms with van der Waals surface area (Å²) in [6.45, 7) is 14.7. The Morgan fingerprint density at radius 1 is 0.809 bits per heavy atom. The zero-order chi connectivity index (χ0) is 48.1. The number of rotatable bonds is 12. The topological polar surface area (TPSA) is 189 Å². The molecular formula is C50H56FN9O7S. The number of benzene rings is 2. The van der Waals surface area contributed by atoms with Gasteiger partial charge in [-0.2, -0.15) is 0 Å². The Bertz CT molecular complexity index is 2930. The summed E-state index contributed by atoms with van der Waals surface area (Å²) in [6.07, 6.45) is 4.38. The number of thiophene rings is 1. The summed E-state index contributed by atoms with van der Waals surface area (Å²) < 4.78 is 35.4. The predicted octanol–water partition coefficient (Wildman–Crippen LogP) is 9.35. The Morgan fingerprint density at radius 3 is 1.91 bits per heavy atom. The first kappa shape index (κ1) is 46.2. The quantitative estimate of drug-likeness (QED) is 0.0927. The smallest absolute Gasteiger partial charge is 0.407 e. The number of hydrogen-bond donors (Lipinski definition) is 4. The van der Waals surface area contributed by atoms with Crippen LogP contribution in [0.2, 0.25) is 0 Å². The molecule has 7 heterocycles. The fourth-order valence-electron chi connectivity index (χ4n) is 9.69. The van der Waals surface area contributed by atoms with Gasteiger partial charge in [0.15, 0.2) is 0 Å². The Balaban J connectivity index is 1.04. The van der Waals surface area contributed by atoms with Gasteiger partial charge in [-0.1, -0.05) is 40.3 Å². The van der Waals surface area contributed by atoms with Crippen LogP contribution in [0.25, 0.3) is 50.2 Å². The first-order valence-corrected chi connectivity index (χ1v) is 23.8. The fourth-order valence-corrected chi connectivity index (χ4v) is 10.6. The number of amides is 4. The molecule has 0 bridgehead atoms. The number of hydrogen-bond acceptors (Lipinski definition) is 10. The molecule has 356 valence electrons. The van der Waals surface area contributed by atoms with Crippen molar-refractivity contribution in [3.05, 3.63) is 94.7 Å². The maximum atomic E-state index is 16.9. The lowest BCUT2D eigenvalue weighted by atomic mass is 10.0. The second-order valence-electron chi connectivity index (χ2n) is 18.4. The van der Waals surface area contributed by atoms with Crippen molar-refractivity contribution in [2.45, 2.75) is 90.7 Å². The molecule has 4 aromatic heterocycles. The molecule has 0 spiro atoms. The van der Waals surface area contributed by atoms with Crippen LogP contribution in [0.1, 0.15) is 100 Å². The first-order valence-electron chi connectivity index (χ1n) is 23.0. The van der Waals surface area contributed by atoms with Crippen LogP contribution in [0.4, 0.5) is 14.0 Å². The molecule has 68 heavy (non-hydrogen) atoms. The highest BCUT2D eigenvalue weighted by molar-refractivity contribution is 7.13. The van der Waals surface area contributed by atoms with E-state index in [0.717, 1.165) is 56.8 Å². The molecule has 3 aliphatic rings. The molecule has 18 heteroatoms. The van der Waals surface area contributed by atoms with Gasteiger partial charge in [0.2, 0.25) is 18.0 Å². The van der Waals surface area contributed by atoms with E-state index in [2.05, 4.69) is 27.2 Å². The van der Waals surface area contributed by atoms with Crippen molar-refractivity contribution in [1.29, 1.82) is 0 Å². The van der Waals surface area contributed by atoms with E-state index < -0.39 is 36.3 Å². The van der Waals surface area contributed by atoms with Crippen LogP contribution in [-0.2, 0) is 19.1 Å². The molecule has 4 amide bonds. The van der Waals surface area contributed by atoms with Crippen LogP contribution in [0.15, 0.2) is 67.5 Å². The number of aromatic nitrogens is 5. The number of alkyl carbamates (subject to hydrolysis) is 2. The number of carbonyl (C=O) groups excluding carboxylic acids is 4. The van der Waals surface area contributed by atoms with Gasteiger partial charge in [0.25, 0.3) is 0 Å². The standard InChI is InChI=1S/C50H56FN9O7S/c1-25(2)39-15-16-40(68-39)48-60-34-14-13-28(32-23-52-44(54-32)35-11-9-17-58(35)46(61)42(26(3)4)56-49(63)65-7)19-30(34)21-37(60)41-31(51)20-29(22-38(41)67-48)33-24-53-45(55-33)36-12-10-18-59(36)47(62)43(27(5)6)57-50(64)66-8/h13-16,19-24,26-27,35-36,42-43,48H,1,9-12,17-18H2,2-8H3,(H,52,54)(H,53,55)(H,56,63)(H,57,64). The highest BCUT2D eigenvalue weighted by Crippen LogP contribution is 2.49. The number of aromatic amines is 2. The Hall–Kier alpha value is -6.95. The molecule has 0 aliphatic carbocycles. The molecule has 2 aromatic carbocycles. The van der Waals surface area contributed by atoms with Crippen LogP contribution in [0.3, 0.4) is 0 Å². The van der Waals surface area contributed by atoms with Gasteiger partial charge < -0.3 is 44.6 Å². The van der Waals surface area contributed by atoms with Gasteiger partial charge in [-0.3, -0.25) is 14.2 Å². The lowest BCUT2D eigenvalue weighted by molar-refractivity contribution is -0.136. The molecule has 0 saturated carbocycles. The molecule has 16 nitrogen and oxygen atoms in total. The zero-order valence-corrected chi connectivity index (χ0v) is 40.0. The van der Waals surface area contributed by atoms with Gasteiger partial charge in [0.1, 0.15) is 35.3 Å². The molecule has 4 N–H and O–H groups in total. The highest BCUT2D eigenvalue weighted by atomic mass is 32.1. The van der Waals surface area contributed by atoms with E-state index in [0.29, 0.717) is 59.4 Å². The van der Waals surface area contributed by atoms with Gasteiger partial charge in [0, 0.05) is 34.5 Å². The van der Waals surface area contributed by atoms with Crippen molar-refractivity contribution in [2.24, 2.45) is 11.8 Å². The molecule has 2 saturated heterocycles. The first-order chi connectivity index (χ1) is 32.6. The van der Waals surface area contributed by atoms with E-state index in [1.54, 1.807) is 33.5 Å². The van der Waals surface area contributed by atoms with Gasteiger partial charge in [0.05, 0.1) is 71.7 Å². The van der Waals surface area contributed by atoms with E-state index in [1.807, 2.05) is 81.7 Å². The number of methoxy groups -OCH3 is 2. The summed E-state index contributed by atoms with van der Waals surface area (Å²) in [7, 11) is 2.54. The minimum absolute atomic E-state index is 0.156. The lowest BCUT2D eigenvalue weighted by Gasteiger charge is -2.30. The maximum Gasteiger partial charge on any atom is 0.407 e. The number of nitrogens with one attached hydrogen (secondary N) is 4. The summed E-state index contributed by atoms with van der Waals surface area (Å²) in [4.78, 5) is 73.6. The summed E-state index contributed by atoms with van der Waals surface area (Å²) in [5.41, 5.74) is 5.43. The number of allylic oxidation sites excluding steroid dienone is 1. The minimum atomic E-state index is -0.776. The third-order valence-electron chi connectivity index (χ3n) is 13.2. The molecular weight excluding hydrogens is 890 g/mol. The average Bonchev–Trinajstić information content (AvgIpc) is 4.18. The number of ether oxygens (including phenoxy) is 3. The second-order valence-corrected chi connectivity index (χ2v) is 19.5. The Morgan fingerprint density at radius 2 is 1.38 bits per heavy atom. The average molecular weight is 946 g/mol. The van der Waals surface area contributed by atoms with Crippen LogP contribution < -0.4 is 15.4 Å². The molecule has 2 fully saturated rings. The maximum absolute atomic E-state index is 16.9. The zero-order valence-electron chi connectivity index (χ0n) is 39.1. The SMILES string of the molecule is C=C(C)c1ccc(C2Oc3cc(-c4cnc(C5CCCN5C(=O)C(NC(=O)OC)C(C)C)[nH]4)cc(F)c3-c3cc4cc(-c5cnc(C6CCCN6C(=O)C(NC(=O)OC)C(C)C)[nH]5)ccc4n32)s1. The summed E-state index contributed by atoms with van der Waals surface area (Å²) in [5.74, 6) is 0.362. The van der Waals surface area contributed by atoms with E-state index >= 15 is 4.39 Å². The molecule has 0 radical (unpaired) electrons. The van der Waals surface area contributed by atoms with Crippen molar-refractivity contribution in [2.75, 3.05) is 27.3 Å². The van der Waals surface area contributed by atoms with Crippen molar-refractivity contribution in [3.8, 4) is 39.5 Å². The molecule has 3 aliphatic heterocycles. The lowest BCUT2D eigenvalue weighted by Crippen LogP contribution is -2.51. The number of nitrogens with zero attached hydrogens (tertiary/aromatic N) is 5. The largest absolute Gasteiger partial charge is 0.464 e. The van der Waals surface area contributed by atoms with Gasteiger partial charge in [-0.05, 0) is 92.5 Å². The third kappa shape index (κ3) is 8.49. The van der Waals surface area contributed by atoms with Gasteiger partial charge >= 0.3 is 12.2 Å². The number of halogens is 1. The Labute approximate surface area is 397 Å². The van der Waals surface area contributed by atoms with Crippen molar-refractivity contribution >= 4 is 51.8 Å². The fraction of sp³-hybridized carbons (Fsp3) is 0.400. The van der Waals surface area contributed by atoms with E-state index in [-0.39, 0.29) is 35.7 Å². The molecule has 5 unspecified atom stereocenters. The van der Waals surface area contributed by atoms with Gasteiger partial charge in [-0.25, -0.2) is 23.9 Å². The van der Waals surface area contributed by atoms with E-state index in [9.17, 15) is 19.2 Å². The van der Waals surface area contributed by atoms with E-state index in [1.165, 1.54) is 20.3 Å². The van der Waals surface area contributed by atoms with Crippen LogP contribution >= 0.6 is 11.3 Å². The Kier molecular flexibility index (Phi) is 12.6. The number of likely N-dealkylation sites (tertiary alicyclic amines) is 2. The number of H-pyrrole nitrogens is 2. The normalized spacial score (nSPS) is 18.6. The molecule has 5 atom stereocenters. The van der Waals surface area contributed by atoms with E-state index in [4.69, 9.17) is 24.2 Å². The summed E-state index contributed by atoms with van der Waals surface area (Å²) in [5, 5.41) is 6.24. The van der Waals surface area contributed by atoms with Crippen molar-refractivity contribution < 1.29 is 37.8 Å². The molecule has 9 rings (SSSR count).